The van der Waals surface area contributed by atoms with E-state index in [1.807, 2.05) is 31.2 Å². The number of aryl methyl sites for hydroxylation is 1. The maximum absolute atomic E-state index is 13.0. The first-order valence-corrected chi connectivity index (χ1v) is 11.3. The van der Waals surface area contributed by atoms with E-state index in [1.165, 1.54) is 15.6 Å². The molecule has 3 heterocycles. The average molecular weight is 407 g/mol. The van der Waals surface area contributed by atoms with Crippen LogP contribution in [0.3, 0.4) is 0 Å². The zero-order valence-corrected chi connectivity index (χ0v) is 16.8. The normalized spacial score (nSPS) is 20.3. The third-order valence-electron chi connectivity index (χ3n) is 5.37. The number of hydrogen-bond donors (Lipinski definition) is 0. The molecule has 0 aliphatic carbocycles. The van der Waals surface area contributed by atoms with E-state index in [2.05, 4.69) is 0 Å². The van der Waals surface area contributed by atoms with Crippen molar-refractivity contribution in [2.24, 2.45) is 0 Å². The molecule has 2 saturated heterocycles. The Morgan fingerprint density at radius 1 is 1.11 bits per heavy atom. The van der Waals surface area contributed by atoms with E-state index in [9.17, 15) is 13.2 Å². The third-order valence-corrected chi connectivity index (χ3v) is 8.69. The van der Waals surface area contributed by atoms with Crippen molar-refractivity contribution in [3.8, 4) is 0 Å². The van der Waals surface area contributed by atoms with Crippen molar-refractivity contribution in [3.05, 3.63) is 52.9 Å². The molecule has 2 aromatic rings. The highest BCUT2D eigenvalue weighted by molar-refractivity contribution is 7.91. The Bertz CT molecular complexity index is 932. The van der Waals surface area contributed by atoms with Crippen molar-refractivity contribution in [2.45, 2.75) is 29.7 Å². The van der Waals surface area contributed by atoms with Gasteiger partial charge in [0.25, 0.3) is 15.9 Å². The molecular formula is C19H22N2O4S2. The van der Waals surface area contributed by atoms with Gasteiger partial charge >= 0.3 is 0 Å². The summed E-state index contributed by atoms with van der Waals surface area (Å²) in [5.41, 5.74) is 0.802. The summed E-state index contributed by atoms with van der Waals surface area (Å²) in [5, 5.41) is 1.76. The van der Waals surface area contributed by atoms with Crippen molar-refractivity contribution >= 4 is 27.3 Å². The van der Waals surface area contributed by atoms with Crippen molar-refractivity contribution in [3.63, 3.8) is 0 Å². The fourth-order valence-corrected chi connectivity index (χ4v) is 6.72. The smallest absolute Gasteiger partial charge is 0.255 e. The highest BCUT2D eigenvalue weighted by Gasteiger charge is 2.51. The lowest BCUT2D eigenvalue weighted by atomic mass is 9.99. The quantitative estimate of drug-likeness (QED) is 0.786. The van der Waals surface area contributed by atoms with Crippen LogP contribution in [0.4, 0.5) is 0 Å². The molecule has 1 aromatic heterocycles. The molecule has 4 rings (SSSR count). The largest absolute Gasteiger partial charge is 0.358 e. The topological polar surface area (TPSA) is 66.9 Å². The second kappa shape index (κ2) is 7.01. The van der Waals surface area contributed by atoms with Crippen molar-refractivity contribution < 1.29 is 17.9 Å². The van der Waals surface area contributed by atoms with E-state index in [0.29, 0.717) is 48.9 Å². The first-order valence-electron chi connectivity index (χ1n) is 8.99. The standard InChI is InChI=1S/C19H22N2O4S2/c1-15-5-2-3-6-16(15)18(22)20-10-8-19(9-11-20)21(12-13-25-19)27(23,24)17-7-4-14-26-17/h2-7,14H,8-13H2,1H3. The van der Waals surface area contributed by atoms with Gasteiger partial charge in [-0.25, -0.2) is 8.42 Å². The van der Waals surface area contributed by atoms with E-state index < -0.39 is 15.7 Å². The Hall–Kier alpha value is -1.74. The van der Waals surface area contributed by atoms with Crippen LogP contribution in [0, 0.1) is 6.92 Å². The molecule has 0 saturated carbocycles. The number of carbonyl (C=O) groups is 1. The molecule has 0 radical (unpaired) electrons. The Balaban J connectivity index is 1.52. The van der Waals surface area contributed by atoms with Gasteiger partial charge in [0.2, 0.25) is 0 Å². The highest BCUT2D eigenvalue weighted by atomic mass is 32.2. The number of rotatable bonds is 3. The number of hydrogen-bond acceptors (Lipinski definition) is 5. The molecule has 8 heteroatoms. The number of benzene rings is 1. The Morgan fingerprint density at radius 3 is 2.52 bits per heavy atom. The molecule has 2 fully saturated rings. The lowest BCUT2D eigenvalue weighted by molar-refractivity contribution is -0.0856. The van der Waals surface area contributed by atoms with Crippen molar-refractivity contribution in [1.82, 2.24) is 9.21 Å². The zero-order chi connectivity index (χ0) is 19.1. The fourth-order valence-electron chi connectivity index (χ4n) is 3.89. The molecule has 27 heavy (non-hydrogen) atoms. The van der Waals surface area contributed by atoms with Gasteiger partial charge in [-0.2, -0.15) is 4.31 Å². The van der Waals surface area contributed by atoms with Crippen LogP contribution in [-0.2, 0) is 14.8 Å². The maximum Gasteiger partial charge on any atom is 0.255 e. The molecule has 1 amide bonds. The van der Waals surface area contributed by atoms with E-state index in [4.69, 9.17) is 4.74 Å². The lowest BCUT2D eigenvalue weighted by Crippen LogP contribution is -2.55. The van der Waals surface area contributed by atoms with Gasteiger partial charge in [-0.15, -0.1) is 11.3 Å². The molecule has 6 nitrogen and oxygen atoms in total. The Kier molecular flexibility index (Phi) is 4.84. The summed E-state index contributed by atoms with van der Waals surface area (Å²) < 4.78 is 33.8. The van der Waals surface area contributed by atoms with Gasteiger partial charge < -0.3 is 9.64 Å². The molecule has 0 bridgehead atoms. The molecule has 1 spiro atoms. The summed E-state index contributed by atoms with van der Waals surface area (Å²) in [7, 11) is -3.58. The molecule has 2 aliphatic rings. The molecule has 0 unspecified atom stereocenters. The molecule has 0 atom stereocenters. The van der Waals surface area contributed by atoms with Gasteiger partial charge in [0.1, 0.15) is 9.93 Å². The van der Waals surface area contributed by atoms with Gasteiger partial charge in [0, 0.05) is 38.0 Å². The first-order chi connectivity index (χ1) is 12.9. The van der Waals surface area contributed by atoms with E-state index >= 15 is 0 Å². The third kappa shape index (κ3) is 3.20. The van der Waals surface area contributed by atoms with Crippen LogP contribution in [0.2, 0.25) is 0 Å². The average Bonchev–Trinajstić information content (AvgIpc) is 3.33. The predicted molar refractivity (Wildman–Crippen MR) is 103 cm³/mol. The van der Waals surface area contributed by atoms with Crippen LogP contribution in [0.25, 0.3) is 0 Å². The number of carbonyl (C=O) groups excluding carboxylic acids is 1. The van der Waals surface area contributed by atoms with E-state index in [-0.39, 0.29) is 5.91 Å². The van der Waals surface area contributed by atoms with Crippen LogP contribution in [0.5, 0.6) is 0 Å². The number of thiophene rings is 1. The monoisotopic (exact) mass is 406 g/mol. The van der Waals surface area contributed by atoms with Crippen LogP contribution in [0.15, 0.2) is 46.0 Å². The maximum atomic E-state index is 13.0. The molecule has 0 N–H and O–H groups in total. The summed E-state index contributed by atoms with van der Waals surface area (Å²) in [6, 6.07) is 10.9. The lowest BCUT2D eigenvalue weighted by Gasteiger charge is -2.42. The molecule has 2 aliphatic heterocycles. The number of sulfonamides is 1. The van der Waals surface area contributed by atoms with Crippen LogP contribution in [0.1, 0.15) is 28.8 Å². The summed E-state index contributed by atoms with van der Waals surface area (Å²) >= 11 is 1.22. The summed E-state index contributed by atoms with van der Waals surface area (Å²) in [6.45, 7) is 3.61. The summed E-state index contributed by atoms with van der Waals surface area (Å²) in [4.78, 5) is 14.6. The fraction of sp³-hybridized carbons (Fsp3) is 0.421. The zero-order valence-electron chi connectivity index (χ0n) is 15.1. The van der Waals surface area contributed by atoms with E-state index in [0.717, 1.165) is 5.56 Å². The minimum Gasteiger partial charge on any atom is -0.358 e. The summed E-state index contributed by atoms with van der Waals surface area (Å²) in [5.74, 6) is -0.00592. The minimum absolute atomic E-state index is 0.00592. The molecule has 1 aromatic carbocycles. The summed E-state index contributed by atoms with van der Waals surface area (Å²) in [6.07, 6.45) is 0.963. The minimum atomic E-state index is -3.58. The van der Waals surface area contributed by atoms with E-state index in [1.54, 1.807) is 22.4 Å². The second-order valence-corrected chi connectivity index (χ2v) is 9.95. The number of likely N-dealkylation sites (tertiary alicyclic amines) is 1. The Labute approximate surface area is 163 Å². The van der Waals surface area contributed by atoms with Gasteiger partial charge in [0.05, 0.1) is 6.61 Å². The second-order valence-electron chi connectivity index (χ2n) is 6.91. The molecule has 144 valence electrons. The Morgan fingerprint density at radius 2 is 1.85 bits per heavy atom. The number of nitrogens with zero attached hydrogens (tertiary/aromatic N) is 2. The van der Waals surface area contributed by atoms with Crippen molar-refractivity contribution in [1.29, 1.82) is 0 Å². The predicted octanol–water partition coefficient (Wildman–Crippen LogP) is 2.71. The number of ether oxygens (including phenoxy) is 1. The first kappa shape index (κ1) is 18.6. The van der Waals surface area contributed by atoms with Crippen molar-refractivity contribution in [2.75, 3.05) is 26.2 Å². The van der Waals surface area contributed by atoms with Crippen LogP contribution < -0.4 is 0 Å². The van der Waals surface area contributed by atoms with Crippen LogP contribution >= 0.6 is 11.3 Å². The number of amides is 1. The van der Waals surface area contributed by atoms with Gasteiger partial charge in [-0.1, -0.05) is 24.3 Å². The van der Waals surface area contributed by atoms with Gasteiger partial charge in [-0.3, -0.25) is 4.79 Å². The highest BCUT2D eigenvalue weighted by Crippen LogP contribution is 2.39. The van der Waals surface area contributed by atoms with Gasteiger partial charge in [0.15, 0.2) is 0 Å². The number of piperidine rings is 1. The molecular weight excluding hydrogens is 384 g/mol. The van der Waals surface area contributed by atoms with Crippen LogP contribution in [-0.4, -0.2) is 55.5 Å². The van der Waals surface area contributed by atoms with Gasteiger partial charge in [-0.05, 0) is 30.0 Å². The SMILES string of the molecule is Cc1ccccc1C(=O)N1CCC2(CC1)OCCN2S(=O)(=O)c1cccs1.